The molecule has 0 fully saturated rings. The second-order valence-electron chi connectivity index (χ2n) is 5.58. The summed E-state index contributed by atoms with van der Waals surface area (Å²) in [7, 11) is 1.19. The molecule has 0 bridgehead atoms. The molecule has 23 heavy (non-hydrogen) atoms. The van der Waals surface area contributed by atoms with Crippen LogP contribution in [0.4, 0.5) is 5.69 Å². The van der Waals surface area contributed by atoms with E-state index in [-0.39, 0.29) is 17.8 Å². The number of fused-ring (bicyclic) bond motifs is 3. The second kappa shape index (κ2) is 4.74. The molecule has 1 aromatic rings. The maximum absolute atomic E-state index is 12.6. The Balaban J connectivity index is 1.79. The van der Waals surface area contributed by atoms with E-state index in [9.17, 15) is 14.7 Å². The molecule has 0 saturated heterocycles. The molecule has 0 aliphatic carbocycles. The standard InChI is InChI=1S/C17H14N2O4/c1-23-17(22)14-13(20)7-12-15-10(8-19(12)16(14)21)6-9-4-2-3-5-11(9)18-15/h2-6,18,20H,7-8H2,1H3. The van der Waals surface area contributed by atoms with E-state index >= 15 is 0 Å². The van der Waals surface area contributed by atoms with Crippen LogP contribution in [0.1, 0.15) is 12.0 Å². The number of rotatable bonds is 1. The van der Waals surface area contributed by atoms with Crippen LogP contribution in [0.5, 0.6) is 0 Å². The summed E-state index contributed by atoms with van der Waals surface area (Å²) in [6.07, 6.45) is 2.15. The fraction of sp³-hybridized carbons (Fsp3) is 0.176. The predicted molar refractivity (Wildman–Crippen MR) is 83.1 cm³/mol. The van der Waals surface area contributed by atoms with Crippen molar-refractivity contribution < 1.29 is 19.4 Å². The fourth-order valence-corrected chi connectivity index (χ4v) is 3.19. The number of para-hydroxylation sites is 1. The molecular formula is C17H14N2O4. The Hall–Kier alpha value is -3.02. The van der Waals surface area contributed by atoms with Crippen molar-refractivity contribution in [2.24, 2.45) is 0 Å². The molecule has 0 saturated carbocycles. The van der Waals surface area contributed by atoms with Crippen molar-refractivity contribution in [2.45, 2.75) is 6.42 Å². The van der Waals surface area contributed by atoms with Crippen molar-refractivity contribution in [1.29, 1.82) is 0 Å². The lowest BCUT2D eigenvalue weighted by molar-refractivity contribution is -0.140. The van der Waals surface area contributed by atoms with Crippen LogP contribution < -0.4 is 5.32 Å². The zero-order chi connectivity index (χ0) is 16.1. The molecule has 1 amide bonds. The number of ether oxygens (including phenoxy) is 1. The fourth-order valence-electron chi connectivity index (χ4n) is 3.19. The third kappa shape index (κ3) is 1.88. The highest BCUT2D eigenvalue weighted by Crippen LogP contribution is 2.41. The van der Waals surface area contributed by atoms with Gasteiger partial charge in [-0.15, -0.1) is 0 Å². The van der Waals surface area contributed by atoms with Crippen LogP contribution >= 0.6 is 0 Å². The number of hydrogen-bond acceptors (Lipinski definition) is 5. The molecule has 3 aliphatic heterocycles. The molecule has 3 aliphatic rings. The summed E-state index contributed by atoms with van der Waals surface area (Å²) in [6, 6.07) is 7.83. The molecule has 6 heteroatoms. The Kier molecular flexibility index (Phi) is 2.81. The Morgan fingerprint density at radius 1 is 1.35 bits per heavy atom. The molecule has 0 spiro atoms. The second-order valence-corrected chi connectivity index (χ2v) is 5.58. The molecule has 2 N–H and O–H groups in total. The molecule has 116 valence electrons. The zero-order valence-corrected chi connectivity index (χ0v) is 12.4. The molecule has 0 atom stereocenters. The van der Waals surface area contributed by atoms with E-state index in [4.69, 9.17) is 0 Å². The first kappa shape index (κ1) is 13.6. The van der Waals surface area contributed by atoms with Gasteiger partial charge in [-0.2, -0.15) is 0 Å². The van der Waals surface area contributed by atoms with Gasteiger partial charge in [0.2, 0.25) is 0 Å². The van der Waals surface area contributed by atoms with E-state index in [0.29, 0.717) is 12.2 Å². The van der Waals surface area contributed by atoms with E-state index in [1.165, 1.54) is 12.0 Å². The molecule has 4 rings (SSSR count). The highest BCUT2D eigenvalue weighted by atomic mass is 16.5. The lowest BCUT2D eigenvalue weighted by Gasteiger charge is -2.26. The first-order valence-electron chi connectivity index (χ1n) is 7.22. The summed E-state index contributed by atoms with van der Waals surface area (Å²) in [5.41, 5.74) is 4.19. The van der Waals surface area contributed by atoms with E-state index < -0.39 is 11.9 Å². The molecule has 0 radical (unpaired) electrons. The molecule has 6 nitrogen and oxygen atoms in total. The van der Waals surface area contributed by atoms with Crippen molar-refractivity contribution >= 4 is 23.6 Å². The number of carbonyl (C=O) groups is 2. The summed E-state index contributed by atoms with van der Waals surface area (Å²) in [6.45, 7) is 0.374. The van der Waals surface area contributed by atoms with Crippen LogP contribution in [-0.4, -0.2) is 35.5 Å². The van der Waals surface area contributed by atoms with Crippen LogP contribution in [0.25, 0.3) is 6.08 Å². The smallest absolute Gasteiger partial charge is 0.347 e. The Morgan fingerprint density at radius 3 is 2.91 bits per heavy atom. The Labute approximate surface area is 132 Å². The number of hydrogen-bond donors (Lipinski definition) is 2. The van der Waals surface area contributed by atoms with E-state index in [2.05, 4.69) is 10.1 Å². The van der Waals surface area contributed by atoms with Gasteiger partial charge in [0.1, 0.15) is 5.76 Å². The van der Waals surface area contributed by atoms with Crippen LogP contribution in [0.3, 0.4) is 0 Å². The minimum Gasteiger partial charge on any atom is -0.511 e. The van der Waals surface area contributed by atoms with Gasteiger partial charge in [0, 0.05) is 12.1 Å². The maximum atomic E-state index is 12.6. The Bertz CT molecular complexity index is 848. The van der Waals surface area contributed by atoms with Crippen molar-refractivity contribution in [1.82, 2.24) is 4.90 Å². The van der Waals surface area contributed by atoms with Crippen LogP contribution in [0.2, 0.25) is 0 Å². The number of anilines is 1. The van der Waals surface area contributed by atoms with Gasteiger partial charge in [0.25, 0.3) is 5.91 Å². The number of methoxy groups -OCH3 is 1. The summed E-state index contributed by atoms with van der Waals surface area (Å²) in [5.74, 6) is -1.58. The highest BCUT2D eigenvalue weighted by Gasteiger charge is 2.41. The molecule has 1 aromatic carbocycles. The Morgan fingerprint density at radius 2 is 2.13 bits per heavy atom. The topological polar surface area (TPSA) is 78.9 Å². The van der Waals surface area contributed by atoms with Gasteiger partial charge in [-0.1, -0.05) is 18.2 Å². The third-order valence-corrected chi connectivity index (χ3v) is 4.29. The first-order valence-corrected chi connectivity index (χ1v) is 7.22. The molecule has 0 unspecified atom stereocenters. The van der Waals surface area contributed by atoms with E-state index in [1.807, 2.05) is 30.3 Å². The van der Waals surface area contributed by atoms with Crippen molar-refractivity contribution in [3.63, 3.8) is 0 Å². The monoisotopic (exact) mass is 310 g/mol. The lowest BCUT2D eigenvalue weighted by Crippen LogP contribution is -2.37. The number of nitrogens with one attached hydrogen (secondary N) is 1. The van der Waals surface area contributed by atoms with Gasteiger partial charge in [0.05, 0.1) is 25.0 Å². The van der Waals surface area contributed by atoms with Gasteiger partial charge in [-0.05, 0) is 23.3 Å². The molecular weight excluding hydrogens is 296 g/mol. The van der Waals surface area contributed by atoms with Crippen LogP contribution in [-0.2, 0) is 14.3 Å². The number of amides is 1. The van der Waals surface area contributed by atoms with Crippen molar-refractivity contribution in [2.75, 3.05) is 19.0 Å². The summed E-state index contributed by atoms with van der Waals surface area (Å²) in [5, 5.41) is 13.4. The van der Waals surface area contributed by atoms with Crippen molar-refractivity contribution in [3.05, 3.63) is 58.1 Å². The number of aliphatic hydroxyl groups excluding tert-OH is 1. The van der Waals surface area contributed by atoms with Crippen molar-refractivity contribution in [3.8, 4) is 0 Å². The number of benzene rings is 1. The van der Waals surface area contributed by atoms with Gasteiger partial charge in [-0.25, -0.2) is 4.79 Å². The normalized spacial score (nSPS) is 18.9. The molecule has 3 heterocycles. The van der Waals surface area contributed by atoms with E-state index in [1.54, 1.807) is 0 Å². The van der Waals surface area contributed by atoms with E-state index in [0.717, 1.165) is 22.5 Å². The number of nitrogens with zero attached hydrogens (tertiary/aromatic N) is 1. The summed E-state index contributed by atoms with van der Waals surface area (Å²) in [4.78, 5) is 25.8. The highest BCUT2D eigenvalue weighted by molar-refractivity contribution is 6.18. The minimum atomic E-state index is -0.809. The largest absolute Gasteiger partial charge is 0.511 e. The van der Waals surface area contributed by atoms with Gasteiger partial charge >= 0.3 is 5.97 Å². The maximum Gasteiger partial charge on any atom is 0.347 e. The van der Waals surface area contributed by atoms with Gasteiger partial charge < -0.3 is 20.1 Å². The van der Waals surface area contributed by atoms with Gasteiger partial charge in [-0.3, -0.25) is 4.79 Å². The number of carbonyl (C=O) groups excluding carboxylic acids is 2. The molecule has 0 aromatic heterocycles. The average molecular weight is 310 g/mol. The minimum absolute atomic E-state index is 0.123. The van der Waals surface area contributed by atoms with Crippen LogP contribution in [0.15, 0.2) is 52.6 Å². The number of aliphatic hydroxyl groups is 1. The SMILES string of the molecule is COC(=O)C1=C(O)CC2=C3Nc4ccccc4C=C3CN2C1=O. The van der Waals surface area contributed by atoms with Gasteiger partial charge in [0.15, 0.2) is 5.57 Å². The average Bonchev–Trinajstić information content (AvgIpc) is 2.90. The number of esters is 1. The summed E-state index contributed by atoms with van der Waals surface area (Å²) >= 11 is 0. The lowest BCUT2D eigenvalue weighted by atomic mass is 10.0. The third-order valence-electron chi connectivity index (χ3n) is 4.29. The first-order chi connectivity index (χ1) is 11.1. The quantitative estimate of drug-likeness (QED) is 0.612. The summed E-state index contributed by atoms with van der Waals surface area (Å²) < 4.78 is 4.60. The zero-order valence-electron chi connectivity index (χ0n) is 12.4. The van der Waals surface area contributed by atoms with Crippen LogP contribution in [0, 0.1) is 0 Å². The predicted octanol–water partition coefficient (Wildman–Crippen LogP) is 1.94.